The number of benzene rings is 2. The Morgan fingerprint density at radius 1 is 1.03 bits per heavy atom. The molecule has 0 spiro atoms. The van der Waals surface area contributed by atoms with Crippen molar-refractivity contribution < 1.29 is 22.3 Å². The minimum absolute atomic E-state index is 0.0387. The average molecular weight is 412 g/mol. The maximum absolute atomic E-state index is 14.0. The second-order valence-electron chi connectivity index (χ2n) is 6.33. The first-order chi connectivity index (χ1) is 14.3. The highest BCUT2D eigenvalue weighted by Gasteiger charge is 2.31. The standard InChI is InChI=1S/C21H12F4N4O/c22-17-4-2-13(21(23,24)25)7-19(17)30-16-8-15(11-26)29-20(10-16)28-14-3-1-12-5-6-27-18(12)9-14/h1-10,27H,(H,28,29). The third-order valence-electron chi connectivity index (χ3n) is 4.23. The number of nitriles is 1. The minimum atomic E-state index is -4.65. The summed E-state index contributed by atoms with van der Waals surface area (Å²) in [5, 5.41) is 13.2. The molecular weight excluding hydrogens is 400 g/mol. The number of rotatable bonds is 4. The topological polar surface area (TPSA) is 73.7 Å². The molecule has 0 saturated heterocycles. The Kier molecular flexibility index (Phi) is 4.75. The van der Waals surface area contributed by atoms with E-state index in [2.05, 4.69) is 15.3 Å². The van der Waals surface area contributed by atoms with Crippen LogP contribution in [0, 0.1) is 17.1 Å². The number of nitrogens with one attached hydrogen (secondary N) is 2. The van der Waals surface area contributed by atoms with Gasteiger partial charge >= 0.3 is 6.18 Å². The molecule has 30 heavy (non-hydrogen) atoms. The number of pyridine rings is 1. The Hall–Kier alpha value is -4.06. The van der Waals surface area contributed by atoms with E-state index in [1.165, 1.54) is 12.1 Å². The van der Waals surface area contributed by atoms with Crippen LogP contribution < -0.4 is 10.1 Å². The molecule has 4 rings (SSSR count). The van der Waals surface area contributed by atoms with Crippen molar-refractivity contribution >= 4 is 22.4 Å². The normalized spacial score (nSPS) is 11.3. The smallest absolute Gasteiger partial charge is 0.416 e. The zero-order valence-electron chi connectivity index (χ0n) is 15.1. The lowest BCUT2D eigenvalue weighted by Gasteiger charge is -2.12. The van der Waals surface area contributed by atoms with E-state index in [9.17, 15) is 22.8 Å². The van der Waals surface area contributed by atoms with Gasteiger partial charge in [-0.15, -0.1) is 0 Å². The largest absolute Gasteiger partial charge is 0.454 e. The summed E-state index contributed by atoms with van der Waals surface area (Å²) in [5.41, 5.74) is 0.428. The Morgan fingerprint density at radius 3 is 2.63 bits per heavy atom. The van der Waals surface area contributed by atoms with Gasteiger partial charge in [0.1, 0.15) is 23.3 Å². The van der Waals surface area contributed by atoms with Crippen molar-refractivity contribution in [2.75, 3.05) is 5.32 Å². The van der Waals surface area contributed by atoms with E-state index < -0.39 is 23.3 Å². The van der Waals surface area contributed by atoms with E-state index in [0.29, 0.717) is 23.9 Å². The number of aromatic nitrogens is 2. The maximum atomic E-state index is 14.0. The molecule has 0 aliphatic rings. The van der Waals surface area contributed by atoms with Crippen molar-refractivity contribution in [3.8, 4) is 17.6 Å². The molecule has 0 aliphatic heterocycles. The fourth-order valence-corrected chi connectivity index (χ4v) is 2.84. The van der Waals surface area contributed by atoms with Gasteiger partial charge in [0.05, 0.1) is 5.56 Å². The third kappa shape index (κ3) is 4.03. The minimum Gasteiger partial charge on any atom is -0.454 e. The highest BCUT2D eigenvalue weighted by Crippen LogP contribution is 2.35. The second-order valence-corrected chi connectivity index (χ2v) is 6.33. The van der Waals surface area contributed by atoms with E-state index >= 15 is 0 Å². The SMILES string of the molecule is N#Cc1cc(Oc2cc(C(F)(F)F)ccc2F)cc(Nc2ccc3cc[nH]c3c2)n1. The lowest BCUT2D eigenvalue weighted by molar-refractivity contribution is -0.137. The van der Waals surface area contributed by atoms with Gasteiger partial charge in [-0.1, -0.05) is 6.07 Å². The Balaban J connectivity index is 1.65. The van der Waals surface area contributed by atoms with Gasteiger partial charge in [-0.2, -0.15) is 18.4 Å². The number of hydrogen-bond donors (Lipinski definition) is 2. The maximum Gasteiger partial charge on any atom is 0.416 e. The van der Waals surface area contributed by atoms with Crippen LogP contribution in [0.5, 0.6) is 11.5 Å². The van der Waals surface area contributed by atoms with Gasteiger partial charge in [0.2, 0.25) is 0 Å². The molecule has 2 heterocycles. The van der Waals surface area contributed by atoms with Gasteiger partial charge in [-0.3, -0.25) is 0 Å². The summed E-state index contributed by atoms with van der Waals surface area (Å²) < 4.78 is 58.0. The lowest BCUT2D eigenvalue weighted by atomic mass is 10.2. The summed E-state index contributed by atoms with van der Waals surface area (Å²) in [6.45, 7) is 0. The molecule has 0 atom stereocenters. The van der Waals surface area contributed by atoms with Crippen molar-refractivity contribution in [2.24, 2.45) is 0 Å². The number of alkyl halides is 3. The van der Waals surface area contributed by atoms with Crippen LogP contribution in [0.2, 0.25) is 0 Å². The number of anilines is 2. The molecule has 2 aromatic carbocycles. The van der Waals surface area contributed by atoms with Crippen LogP contribution in [-0.4, -0.2) is 9.97 Å². The van der Waals surface area contributed by atoms with Gasteiger partial charge < -0.3 is 15.0 Å². The van der Waals surface area contributed by atoms with Gasteiger partial charge in [-0.25, -0.2) is 9.37 Å². The number of H-pyrrole nitrogens is 1. The van der Waals surface area contributed by atoms with Gasteiger partial charge in [-0.05, 0) is 41.8 Å². The molecule has 0 unspecified atom stereocenters. The number of fused-ring (bicyclic) bond motifs is 1. The predicted octanol–water partition coefficient (Wildman–Crippen LogP) is 6.13. The van der Waals surface area contributed by atoms with E-state index in [4.69, 9.17) is 4.74 Å². The zero-order chi connectivity index (χ0) is 21.3. The molecule has 2 aromatic heterocycles. The average Bonchev–Trinajstić information content (AvgIpc) is 3.16. The Labute approximate surface area is 167 Å². The van der Waals surface area contributed by atoms with E-state index in [1.54, 1.807) is 12.3 Å². The Bertz CT molecular complexity index is 1270. The zero-order valence-corrected chi connectivity index (χ0v) is 15.1. The molecule has 0 fully saturated rings. The fraction of sp³-hybridized carbons (Fsp3) is 0.0476. The number of aromatic amines is 1. The Morgan fingerprint density at radius 2 is 1.87 bits per heavy atom. The molecule has 2 N–H and O–H groups in total. The summed E-state index contributed by atoms with van der Waals surface area (Å²) in [6, 6.07) is 13.7. The molecule has 0 bridgehead atoms. The summed E-state index contributed by atoms with van der Waals surface area (Å²) in [6.07, 6.45) is -2.86. The van der Waals surface area contributed by atoms with Crippen LogP contribution in [0.25, 0.3) is 10.9 Å². The molecule has 150 valence electrons. The van der Waals surface area contributed by atoms with Crippen molar-refractivity contribution in [3.05, 3.63) is 77.9 Å². The number of nitrogens with zero attached hydrogens (tertiary/aromatic N) is 2. The number of hydrogen-bond acceptors (Lipinski definition) is 4. The molecule has 4 aromatic rings. The van der Waals surface area contributed by atoms with Crippen LogP contribution in [0.1, 0.15) is 11.3 Å². The second kappa shape index (κ2) is 7.40. The number of halogens is 4. The van der Waals surface area contributed by atoms with E-state index in [1.807, 2.05) is 24.3 Å². The highest BCUT2D eigenvalue weighted by atomic mass is 19.4. The molecule has 5 nitrogen and oxygen atoms in total. The lowest BCUT2D eigenvalue weighted by Crippen LogP contribution is -2.05. The first-order valence-corrected chi connectivity index (χ1v) is 8.63. The monoisotopic (exact) mass is 412 g/mol. The first-order valence-electron chi connectivity index (χ1n) is 8.63. The summed E-state index contributed by atoms with van der Waals surface area (Å²) in [5.74, 6) is -1.41. The van der Waals surface area contributed by atoms with Crippen molar-refractivity contribution in [1.29, 1.82) is 5.26 Å². The number of ether oxygens (including phenoxy) is 1. The quantitative estimate of drug-likeness (QED) is 0.396. The summed E-state index contributed by atoms with van der Waals surface area (Å²) >= 11 is 0. The molecule has 9 heteroatoms. The molecule has 0 saturated carbocycles. The van der Waals surface area contributed by atoms with Crippen molar-refractivity contribution in [1.82, 2.24) is 9.97 Å². The van der Waals surface area contributed by atoms with Crippen LogP contribution in [0.4, 0.5) is 29.1 Å². The molecular formula is C21H12F4N4O. The highest BCUT2D eigenvalue weighted by molar-refractivity contribution is 5.83. The van der Waals surface area contributed by atoms with E-state index in [-0.39, 0.29) is 17.3 Å². The predicted molar refractivity (Wildman–Crippen MR) is 102 cm³/mol. The summed E-state index contributed by atoms with van der Waals surface area (Å²) in [7, 11) is 0. The fourth-order valence-electron chi connectivity index (χ4n) is 2.84. The van der Waals surface area contributed by atoms with Crippen LogP contribution >= 0.6 is 0 Å². The molecule has 0 amide bonds. The van der Waals surface area contributed by atoms with Gasteiger partial charge in [0.15, 0.2) is 11.6 Å². The van der Waals surface area contributed by atoms with Crippen LogP contribution in [0.3, 0.4) is 0 Å². The van der Waals surface area contributed by atoms with Gasteiger partial charge in [0.25, 0.3) is 0 Å². The third-order valence-corrected chi connectivity index (χ3v) is 4.23. The van der Waals surface area contributed by atoms with Gasteiger partial charge in [0, 0.05) is 29.5 Å². The molecule has 0 aliphatic carbocycles. The van der Waals surface area contributed by atoms with Crippen molar-refractivity contribution in [2.45, 2.75) is 6.18 Å². The van der Waals surface area contributed by atoms with Crippen LogP contribution in [-0.2, 0) is 6.18 Å². The van der Waals surface area contributed by atoms with Crippen molar-refractivity contribution in [3.63, 3.8) is 0 Å². The summed E-state index contributed by atoms with van der Waals surface area (Å²) in [4.78, 5) is 7.16. The van der Waals surface area contributed by atoms with Crippen LogP contribution in [0.15, 0.2) is 60.8 Å². The first kappa shape index (κ1) is 19.3. The molecule has 0 radical (unpaired) electrons. The van der Waals surface area contributed by atoms with E-state index in [0.717, 1.165) is 10.9 Å².